The van der Waals surface area contributed by atoms with E-state index in [0.717, 1.165) is 38.5 Å². The second kappa shape index (κ2) is 19.2. The predicted octanol–water partition coefficient (Wildman–Crippen LogP) is 6.35. The van der Waals surface area contributed by atoms with E-state index in [2.05, 4.69) is 73.8 Å². The molecular formula is C28H40O4. The molecule has 0 heterocycles. The van der Waals surface area contributed by atoms with Crippen molar-refractivity contribution in [2.75, 3.05) is 0 Å². The number of allylic oxidation sites excluding steroid dienone is 12. The number of hydrogen-bond donors (Lipinski definition) is 1. The first-order chi connectivity index (χ1) is 15.7. The Morgan fingerprint density at radius 1 is 0.781 bits per heavy atom. The van der Waals surface area contributed by atoms with Gasteiger partial charge in [0.15, 0.2) is 0 Å². The molecule has 1 aliphatic rings. The number of hydrogen-bond acceptors (Lipinski definition) is 4. The number of carbonyl (C=O) groups is 2. The molecule has 1 saturated carbocycles. The molecule has 32 heavy (non-hydrogen) atoms. The largest absolute Gasteiger partial charge is 0.464 e. The summed E-state index contributed by atoms with van der Waals surface area (Å²) in [6.07, 6.45) is 32.5. The van der Waals surface area contributed by atoms with E-state index in [1.165, 1.54) is 0 Å². The van der Waals surface area contributed by atoms with Crippen molar-refractivity contribution in [1.82, 2.24) is 0 Å². The average molecular weight is 441 g/mol. The number of ketones is 1. The molecule has 3 unspecified atom stereocenters. The normalized spacial score (nSPS) is 22.0. The van der Waals surface area contributed by atoms with Crippen LogP contribution < -0.4 is 0 Å². The molecule has 176 valence electrons. The van der Waals surface area contributed by atoms with Crippen LogP contribution >= 0.6 is 0 Å². The minimum absolute atomic E-state index is 0.0629. The van der Waals surface area contributed by atoms with Gasteiger partial charge in [-0.05, 0) is 51.4 Å². The van der Waals surface area contributed by atoms with Crippen LogP contribution in [0.15, 0.2) is 72.9 Å². The molecule has 0 aromatic rings. The highest BCUT2D eigenvalue weighted by Crippen LogP contribution is 2.30. The second-order valence-corrected chi connectivity index (χ2v) is 7.92. The van der Waals surface area contributed by atoms with Gasteiger partial charge in [0.05, 0.1) is 12.0 Å². The molecule has 0 saturated heterocycles. The van der Waals surface area contributed by atoms with Crippen LogP contribution in [0.3, 0.4) is 0 Å². The molecule has 0 aromatic carbocycles. The van der Waals surface area contributed by atoms with E-state index >= 15 is 0 Å². The third-order valence-electron chi connectivity index (χ3n) is 5.28. The van der Waals surface area contributed by atoms with E-state index in [-0.39, 0.29) is 11.7 Å². The topological polar surface area (TPSA) is 63.6 Å². The second-order valence-electron chi connectivity index (χ2n) is 7.92. The number of Topliss-reactive ketones (excluding diaryl/α,β-unsaturated/α-hetero) is 1. The molecule has 0 radical (unpaired) electrons. The van der Waals surface area contributed by atoms with Crippen LogP contribution in [0.1, 0.15) is 71.1 Å². The lowest BCUT2D eigenvalue weighted by atomic mass is 9.96. The molecular weight excluding hydrogens is 400 g/mol. The summed E-state index contributed by atoms with van der Waals surface area (Å²) in [7, 11) is 0. The molecule has 0 spiro atoms. The lowest BCUT2D eigenvalue weighted by Gasteiger charge is -2.15. The zero-order chi connectivity index (χ0) is 23.3. The zero-order valence-corrected chi connectivity index (χ0v) is 19.5. The van der Waals surface area contributed by atoms with Gasteiger partial charge in [-0.15, -0.1) is 0 Å². The Hall–Kier alpha value is -2.46. The molecule has 0 aliphatic heterocycles. The quantitative estimate of drug-likeness (QED) is 0.212. The smallest absolute Gasteiger partial charge is 0.293 e. The lowest BCUT2D eigenvalue weighted by molar-refractivity contribution is -0.138. The van der Waals surface area contributed by atoms with Crippen LogP contribution in [0.5, 0.6) is 0 Å². The van der Waals surface area contributed by atoms with E-state index in [9.17, 15) is 14.7 Å². The molecule has 0 bridgehead atoms. The average Bonchev–Trinajstić information content (AvgIpc) is 3.15. The Kier molecular flexibility index (Phi) is 16.6. The Morgan fingerprint density at radius 2 is 1.25 bits per heavy atom. The van der Waals surface area contributed by atoms with Crippen molar-refractivity contribution in [3.63, 3.8) is 0 Å². The van der Waals surface area contributed by atoms with E-state index in [4.69, 9.17) is 4.74 Å². The number of carbonyl (C=O) groups excluding carboxylic acids is 2. The monoisotopic (exact) mass is 440 g/mol. The Bertz CT molecular complexity index is 682. The van der Waals surface area contributed by atoms with Gasteiger partial charge in [-0.2, -0.15) is 0 Å². The maximum absolute atomic E-state index is 12.3. The van der Waals surface area contributed by atoms with Crippen LogP contribution in [-0.4, -0.2) is 29.6 Å². The molecule has 0 amide bonds. The first-order valence-corrected chi connectivity index (χ1v) is 11.9. The number of rotatable bonds is 17. The van der Waals surface area contributed by atoms with Crippen molar-refractivity contribution in [3.05, 3.63) is 72.9 Å². The van der Waals surface area contributed by atoms with Crippen molar-refractivity contribution < 1.29 is 19.4 Å². The maximum atomic E-state index is 12.3. The van der Waals surface area contributed by atoms with Crippen molar-refractivity contribution in [2.45, 2.75) is 83.3 Å². The fraction of sp³-hybridized carbons (Fsp3) is 0.500. The summed E-state index contributed by atoms with van der Waals surface area (Å²) >= 11 is 0. The van der Waals surface area contributed by atoms with Gasteiger partial charge in [-0.3, -0.25) is 9.59 Å². The van der Waals surface area contributed by atoms with Crippen LogP contribution in [0.25, 0.3) is 0 Å². The highest BCUT2D eigenvalue weighted by Gasteiger charge is 2.38. The number of aliphatic hydroxyl groups is 1. The third-order valence-corrected chi connectivity index (χ3v) is 5.28. The van der Waals surface area contributed by atoms with Crippen molar-refractivity contribution in [3.8, 4) is 0 Å². The zero-order valence-electron chi connectivity index (χ0n) is 19.5. The number of ether oxygens (including phenoxy) is 1. The lowest BCUT2D eigenvalue weighted by Crippen LogP contribution is -2.25. The molecule has 4 heteroatoms. The van der Waals surface area contributed by atoms with Gasteiger partial charge in [0.2, 0.25) is 0 Å². The van der Waals surface area contributed by atoms with Gasteiger partial charge in [0.25, 0.3) is 6.47 Å². The Balaban J connectivity index is 2.06. The van der Waals surface area contributed by atoms with Gasteiger partial charge < -0.3 is 9.84 Å². The van der Waals surface area contributed by atoms with Crippen molar-refractivity contribution >= 4 is 12.3 Å². The van der Waals surface area contributed by atoms with Gasteiger partial charge in [-0.25, -0.2) is 0 Å². The van der Waals surface area contributed by atoms with E-state index in [1.54, 1.807) is 0 Å². The van der Waals surface area contributed by atoms with Gasteiger partial charge in [0.1, 0.15) is 11.9 Å². The van der Waals surface area contributed by atoms with Crippen LogP contribution in [0, 0.1) is 5.92 Å². The minimum Gasteiger partial charge on any atom is -0.464 e. The van der Waals surface area contributed by atoms with Gasteiger partial charge >= 0.3 is 0 Å². The minimum atomic E-state index is -0.556. The first kappa shape index (κ1) is 27.6. The molecule has 3 atom stereocenters. The third kappa shape index (κ3) is 13.8. The van der Waals surface area contributed by atoms with Crippen LogP contribution in [0.4, 0.5) is 0 Å². The summed E-state index contributed by atoms with van der Waals surface area (Å²) in [5.74, 6) is -0.303. The summed E-state index contributed by atoms with van der Waals surface area (Å²) in [6.45, 7) is 2.51. The highest BCUT2D eigenvalue weighted by molar-refractivity contribution is 5.82. The molecule has 1 aliphatic carbocycles. The van der Waals surface area contributed by atoms with Gasteiger partial charge in [0, 0.05) is 12.8 Å². The summed E-state index contributed by atoms with van der Waals surface area (Å²) in [5.41, 5.74) is 0. The SMILES string of the molecule is CC/C=C/C/C=C/C/C=C/C/C=C\C/C=C/C/C=C/CCC(=O)C1CC(O)CC1OC=O. The Labute approximate surface area is 194 Å². The highest BCUT2D eigenvalue weighted by atomic mass is 16.5. The van der Waals surface area contributed by atoms with Crippen molar-refractivity contribution in [1.29, 1.82) is 0 Å². The van der Waals surface area contributed by atoms with Crippen LogP contribution in [0.2, 0.25) is 0 Å². The van der Waals surface area contributed by atoms with Crippen molar-refractivity contribution in [2.24, 2.45) is 5.92 Å². The summed E-state index contributed by atoms with van der Waals surface area (Å²) in [6, 6.07) is 0. The van der Waals surface area contributed by atoms with Gasteiger partial charge in [-0.1, -0.05) is 79.8 Å². The first-order valence-electron chi connectivity index (χ1n) is 11.9. The van der Waals surface area contributed by atoms with E-state index < -0.39 is 12.2 Å². The number of aliphatic hydroxyl groups excluding tert-OH is 1. The molecule has 4 nitrogen and oxygen atoms in total. The fourth-order valence-electron chi connectivity index (χ4n) is 3.58. The molecule has 1 fully saturated rings. The van der Waals surface area contributed by atoms with E-state index in [0.29, 0.717) is 32.2 Å². The van der Waals surface area contributed by atoms with Crippen LogP contribution in [-0.2, 0) is 14.3 Å². The summed E-state index contributed by atoms with van der Waals surface area (Å²) in [4.78, 5) is 22.8. The fourth-order valence-corrected chi connectivity index (χ4v) is 3.58. The standard InChI is InChI=1S/C28H40O4/c1-2-3-4-5-6-7-8-9-10-11-12-13-14-15-16-17-18-19-20-21-27(31)26-22-25(30)23-28(26)32-24-29/h3-4,6-7,9-10,12-13,15-16,18-19,24-26,28,30H,2,5,8,11,14,17,20-23H2,1H3/b4-3+,7-6+,10-9+,13-12-,16-15+,19-18+. The summed E-state index contributed by atoms with van der Waals surface area (Å²) < 4.78 is 4.95. The maximum Gasteiger partial charge on any atom is 0.293 e. The molecule has 1 N–H and O–H groups in total. The predicted molar refractivity (Wildman–Crippen MR) is 132 cm³/mol. The molecule has 1 rings (SSSR count). The summed E-state index contributed by atoms with van der Waals surface area (Å²) in [5, 5.41) is 9.70. The molecule has 0 aromatic heterocycles. The van der Waals surface area contributed by atoms with E-state index in [1.807, 2.05) is 6.08 Å². The Morgan fingerprint density at radius 3 is 1.72 bits per heavy atom.